The first-order valence-electron chi connectivity index (χ1n) is 9.62. The second kappa shape index (κ2) is 7.68. The predicted octanol–water partition coefficient (Wildman–Crippen LogP) is 2.92. The summed E-state index contributed by atoms with van der Waals surface area (Å²) in [5, 5.41) is 11.7. The number of benzene rings is 2. The minimum absolute atomic E-state index is 0.0805. The number of aliphatic hydroxyl groups is 1. The van der Waals surface area contributed by atoms with E-state index in [9.17, 15) is 24.3 Å². The molecular formula is C24H19NO6. The number of Topliss-reactive ketones (excluding diaryl/α,β-unsaturated/α-hetero) is 2. The zero-order valence-electron chi connectivity index (χ0n) is 16.9. The maximum Gasteiger partial charge on any atom is 0.306 e. The fourth-order valence-electron chi connectivity index (χ4n) is 4.02. The van der Waals surface area contributed by atoms with Crippen LogP contribution in [0.2, 0.25) is 0 Å². The van der Waals surface area contributed by atoms with Crippen molar-refractivity contribution >= 4 is 34.2 Å². The standard InChI is InChI=1S/C24H19NO6/c1-25-18-10-6-3-7-13(18)11-17(24(25)30)16(12-19(26)31-2)20-21(27)14-8-4-5-9-15(14)22(28)23(20)29/h3-11,16,27H,12H2,1-2H3/t16-/m1/s1. The number of hydrogen-bond acceptors (Lipinski definition) is 6. The Morgan fingerprint density at radius 3 is 2.35 bits per heavy atom. The van der Waals surface area contributed by atoms with Crippen LogP contribution in [-0.4, -0.2) is 34.3 Å². The molecule has 31 heavy (non-hydrogen) atoms. The molecule has 1 aliphatic rings. The first-order chi connectivity index (χ1) is 14.8. The van der Waals surface area contributed by atoms with E-state index >= 15 is 0 Å². The number of pyridine rings is 1. The molecule has 0 fully saturated rings. The highest BCUT2D eigenvalue weighted by atomic mass is 16.5. The second-order valence-electron chi connectivity index (χ2n) is 7.32. The number of nitrogens with zero attached hydrogens (tertiary/aromatic N) is 1. The van der Waals surface area contributed by atoms with Gasteiger partial charge in [0.25, 0.3) is 5.56 Å². The number of ketones is 2. The number of esters is 1. The fourth-order valence-corrected chi connectivity index (χ4v) is 4.02. The molecule has 0 aliphatic heterocycles. The molecule has 7 nitrogen and oxygen atoms in total. The lowest BCUT2D eigenvalue weighted by molar-refractivity contribution is -0.140. The van der Waals surface area contributed by atoms with E-state index in [2.05, 4.69) is 0 Å². The summed E-state index contributed by atoms with van der Waals surface area (Å²) in [5.41, 5.74) is 0.344. The van der Waals surface area contributed by atoms with Gasteiger partial charge in [0.05, 0.1) is 24.6 Å². The maximum absolute atomic E-state index is 13.2. The summed E-state index contributed by atoms with van der Waals surface area (Å²) >= 11 is 0. The molecule has 0 amide bonds. The number of aromatic nitrogens is 1. The van der Waals surface area contributed by atoms with E-state index < -0.39 is 34.8 Å². The van der Waals surface area contributed by atoms with Crippen LogP contribution in [0.1, 0.15) is 33.8 Å². The monoisotopic (exact) mass is 417 g/mol. The van der Waals surface area contributed by atoms with Crippen LogP contribution in [0.15, 0.2) is 65.0 Å². The molecule has 1 atom stereocenters. The largest absolute Gasteiger partial charge is 0.507 e. The van der Waals surface area contributed by atoms with E-state index in [-0.39, 0.29) is 28.7 Å². The quantitative estimate of drug-likeness (QED) is 0.517. The SMILES string of the molecule is COC(=O)C[C@@H](C1=C(O)c2ccccc2C(=O)C1=O)c1cc2ccccc2n(C)c1=O. The van der Waals surface area contributed by atoms with Crippen LogP contribution in [0.25, 0.3) is 16.7 Å². The maximum atomic E-state index is 13.2. The van der Waals surface area contributed by atoms with Crippen molar-refractivity contribution in [3.05, 3.63) is 87.2 Å². The molecule has 4 rings (SSSR count). The van der Waals surface area contributed by atoms with Crippen LogP contribution in [-0.2, 0) is 21.4 Å². The molecule has 1 N–H and O–H groups in total. The number of carbonyl (C=O) groups is 3. The molecule has 1 aliphatic carbocycles. The summed E-state index contributed by atoms with van der Waals surface area (Å²) in [6.07, 6.45) is -0.384. The minimum atomic E-state index is -1.15. The van der Waals surface area contributed by atoms with Crippen molar-refractivity contribution in [1.29, 1.82) is 0 Å². The van der Waals surface area contributed by atoms with Gasteiger partial charge in [0.1, 0.15) is 5.76 Å². The summed E-state index contributed by atoms with van der Waals surface area (Å²) in [4.78, 5) is 51.1. The van der Waals surface area contributed by atoms with Crippen molar-refractivity contribution in [2.45, 2.75) is 12.3 Å². The number of aryl methyl sites for hydroxylation is 1. The fraction of sp³-hybridized carbons (Fsp3) is 0.167. The molecule has 0 radical (unpaired) electrons. The summed E-state index contributed by atoms with van der Waals surface area (Å²) in [5.74, 6) is -3.99. The average Bonchev–Trinajstić information content (AvgIpc) is 2.79. The van der Waals surface area contributed by atoms with Crippen molar-refractivity contribution in [1.82, 2.24) is 4.57 Å². The van der Waals surface area contributed by atoms with Crippen molar-refractivity contribution in [3.8, 4) is 0 Å². The molecule has 0 spiro atoms. The van der Waals surface area contributed by atoms with E-state index in [1.165, 1.54) is 23.8 Å². The third-order valence-electron chi connectivity index (χ3n) is 5.62. The molecule has 0 unspecified atom stereocenters. The molecule has 3 aromatic rings. The van der Waals surface area contributed by atoms with Gasteiger partial charge in [-0.2, -0.15) is 0 Å². The third-order valence-corrected chi connectivity index (χ3v) is 5.62. The van der Waals surface area contributed by atoms with Crippen molar-refractivity contribution in [2.75, 3.05) is 7.11 Å². The lowest BCUT2D eigenvalue weighted by atomic mass is 9.78. The number of rotatable bonds is 4. The summed E-state index contributed by atoms with van der Waals surface area (Å²) in [7, 11) is 2.77. The summed E-state index contributed by atoms with van der Waals surface area (Å²) in [6.45, 7) is 0. The van der Waals surface area contributed by atoms with Gasteiger partial charge < -0.3 is 14.4 Å². The summed E-state index contributed by atoms with van der Waals surface area (Å²) < 4.78 is 6.18. The van der Waals surface area contributed by atoms with Crippen molar-refractivity contribution in [3.63, 3.8) is 0 Å². The van der Waals surface area contributed by atoms with E-state index in [0.29, 0.717) is 10.9 Å². The van der Waals surface area contributed by atoms with Crippen LogP contribution in [0.5, 0.6) is 0 Å². The normalized spacial score (nSPS) is 14.5. The van der Waals surface area contributed by atoms with Crippen LogP contribution < -0.4 is 5.56 Å². The molecular weight excluding hydrogens is 398 g/mol. The average molecular weight is 417 g/mol. The van der Waals surface area contributed by atoms with E-state index in [1.807, 2.05) is 0 Å². The predicted molar refractivity (Wildman–Crippen MR) is 114 cm³/mol. The second-order valence-corrected chi connectivity index (χ2v) is 7.32. The molecule has 2 aromatic carbocycles. The van der Waals surface area contributed by atoms with Crippen molar-refractivity contribution < 1.29 is 24.2 Å². The number of hydrogen-bond donors (Lipinski definition) is 1. The molecule has 156 valence electrons. The molecule has 1 heterocycles. The zero-order valence-corrected chi connectivity index (χ0v) is 16.9. The highest BCUT2D eigenvalue weighted by Crippen LogP contribution is 2.37. The molecule has 0 saturated heterocycles. The van der Waals surface area contributed by atoms with Crippen molar-refractivity contribution in [2.24, 2.45) is 7.05 Å². The minimum Gasteiger partial charge on any atom is -0.507 e. The number of ether oxygens (including phenoxy) is 1. The van der Waals surface area contributed by atoms with E-state index in [1.54, 1.807) is 49.5 Å². The van der Waals surface area contributed by atoms with Gasteiger partial charge in [-0.25, -0.2) is 0 Å². The Labute approximate surface area is 177 Å². The van der Waals surface area contributed by atoms with Gasteiger partial charge in [-0.05, 0) is 17.5 Å². The lowest BCUT2D eigenvalue weighted by Gasteiger charge is -2.24. The number of methoxy groups -OCH3 is 1. The van der Waals surface area contributed by atoms with E-state index in [4.69, 9.17) is 4.74 Å². The van der Waals surface area contributed by atoms with E-state index in [0.717, 1.165) is 0 Å². The lowest BCUT2D eigenvalue weighted by Crippen LogP contribution is -2.32. The number of fused-ring (bicyclic) bond motifs is 2. The van der Waals surface area contributed by atoms with Gasteiger partial charge >= 0.3 is 5.97 Å². The Hall–Kier alpha value is -4.00. The first-order valence-corrected chi connectivity index (χ1v) is 9.62. The van der Waals surface area contributed by atoms with Crippen LogP contribution >= 0.6 is 0 Å². The number of aliphatic hydroxyl groups excluding tert-OH is 1. The number of allylic oxidation sites excluding steroid dienone is 1. The number of para-hydroxylation sites is 1. The molecule has 0 bridgehead atoms. The van der Waals surface area contributed by atoms with Gasteiger partial charge in [-0.15, -0.1) is 0 Å². The van der Waals surface area contributed by atoms with Gasteiger partial charge in [-0.3, -0.25) is 19.2 Å². The Bertz CT molecular complexity index is 1350. The third kappa shape index (κ3) is 3.24. The first kappa shape index (κ1) is 20.3. The topological polar surface area (TPSA) is 103 Å². The smallest absolute Gasteiger partial charge is 0.306 e. The van der Waals surface area contributed by atoms with Gasteiger partial charge in [0.2, 0.25) is 11.6 Å². The Morgan fingerprint density at radius 2 is 1.65 bits per heavy atom. The Balaban J connectivity index is 2.02. The van der Waals surface area contributed by atoms with Gasteiger partial charge in [0.15, 0.2) is 0 Å². The summed E-state index contributed by atoms with van der Waals surface area (Å²) in [6, 6.07) is 14.9. The molecule has 0 saturated carbocycles. The van der Waals surface area contributed by atoms with Crippen LogP contribution in [0.4, 0.5) is 0 Å². The molecule has 1 aromatic heterocycles. The Morgan fingerprint density at radius 1 is 1.00 bits per heavy atom. The highest BCUT2D eigenvalue weighted by Gasteiger charge is 2.39. The number of carbonyl (C=O) groups excluding carboxylic acids is 3. The Kier molecular flexibility index (Phi) is 5.02. The van der Waals surface area contributed by atoms with Crippen LogP contribution in [0.3, 0.4) is 0 Å². The zero-order chi connectivity index (χ0) is 22.3. The highest BCUT2D eigenvalue weighted by molar-refractivity contribution is 6.52. The van der Waals surface area contributed by atoms with Gasteiger partial charge in [0, 0.05) is 29.7 Å². The molecule has 7 heteroatoms. The van der Waals surface area contributed by atoms with Crippen LogP contribution in [0, 0.1) is 0 Å². The van der Waals surface area contributed by atoms with Gasteiger partial charge in [-0.1, -0.05) is 42.5 Å².